The summed E-state index contributed by atoms with van der Waals surface area (Å²) in [5.41, 5.74) is 1.72. The van der Waals surface area contributed by atoms with Crippen molar-refractivity contribution in [2.24, 2.45) is 0 Å². The maximum atomic E-state index is 12.7. The molecule has 5 nitrogen and oxygen atoms in total. The van der Waals surface area contributed by atoms with Crippen LogP contribution in [0, 0.1) is 0 Å². The van der Waals surface area contributed by atoms with Crippen LogP contribution in [0.3, 0.4) is 0 Å². The summed E-state index contributed by atoms with van der Waals surface area (Å²) in [5, 5.41) is 8.52. The Morgan fingerprint density at radius 3 is 2.79 bits per heavy atom. The van der Waals surface area contributed by atoms with Crippen molar-refractivity contribution in [3.05, 3.63) is 63.4 Å². The number of amides is 2. The number of nitrogens with one attached hydrogen (secondary N) is 1. The lowest BCUT2D eigenvalue weighted by atomic mass is 10.1. The molecule has 1 atom stereocenters. The number of thiazole rings is 1. The molecular weight excluding hydrogens is 446 g/mol. The number of hydrogen-bond acceptors (Lipinski definition) is 6. The molecule has 1 saturated heterocycles. The van der Waals surface area contributed by atoms with Crippen molar-refractivity contribution in [1.82, 2.24) is 15.2 Å². The molecule has 3 heterocycles. The minimum absolute atomic E-state index is 0.0499. The van der Waals surface area contributed by atoms with Crippen LogP contribution in [0.5, 0.6) is 0 Å². The Hall–Kier alpha value is -1.87. The summed E-state index contributed by atoms with van der Waals surface area (Å²) in [6, 6.07) is 10.8. The van der Waals surface area contributed by atoms with Crippen LogP contribution in [0.1, 0.15) is 11.3 Å². The number of carbonyl (C=O) groups is 2. The number of hydrogen-bond donors (Lipinski definition) is 1. The van der Waals surface area contributed by atoms with Gasteiger partial charge in [0.2, 0.25) is 11.8 Å². The fraction of sp³-hybridized carbons (Fsp3) is 0.250. The van der Waals surface area contributed by atoms with Gasteiger partial charge in [-0.05, 0) is 29.1 Å². The minimum atomic E-state index is -0.449. The first-order chi connectivity index (χ1) is 14.1. The molecule has 1 aliphatic rings. The number of benzene rings is 1. The van der Waals surface area contributed by atoms with Gasteiger partial charge in [-0.2, -0.15) is 0 Å². The molecule has 9 heteroatoms. The van der Waals surface area contributed by atoms with E-state index in [0.717, 1.165) is 21.1 Å². The summed E-state index contributed by atoms with van der Waals surface area (Å²) >= 11 is 10.7. The minimum Gasteiger partial charge on any atom is -0.349 e. The van der Waals surface area contributed by atoms with Crippen molar-refractivity contribution in [1.29, 1.82) is 0 Å². The molecular formula is C20H18ClN3O2S3. The predicted molar refractivity (Wildman–Crippen MR) is 120 cm³/mol. The van der Waals surface area contributed by atoms with Crippen molar-refractivity contribution in [3.63, 3.8) is 0 Å². The Morgan fingerprint density at radius 2 is 2.03 bits per heavy atom. The van der Waals surface area contributed by atoms with E-state index >= 15 is 0 Å². The Balaban J connectivity index is 1.34. The topological polar surface area (TPSA) is 62.3 Å². The van der Waals surface area contributed by atoms with E-state index in [1.165, 1.54) is 0 Å². The molecule has 0 aliphatic carbocycles. The summed E-state index contributed by atoms with van der Waals surface area (Å²) in [4.78, 5) is 32.8. The van der Waals surface area contributed by atoms with Crippen LogP contribution >= 0.6 is 46.0 Å². The highest BCUT2D eigenvalue weighted by atomic mass is 35.5. The summed E-state index contributed by atoms with van der Waals surface area (Å²) in [6.45, 7) is 0.362. The number of thioether (sulfide) groups is 1. The van der Waals surface area contributed by atoms with E-state index in [9.17, 15) is 9.59 Å². The number of aromatic nitrogens is 1. The van der Waals surface area contributed by atoms with Crippen molar-refractivity contribution in [2.75, 3.05) is 11.6 Å². The Morgan fingerprint density at radius 1 is 1.21 bits per heavy atom. The predicted octanol–water partition coefficient (Wildman–Crippen LogP) is 4.29. The summed E-state index contributed by atoms with van der Waals surface area (Å²) < 4.78 is 0. The van der Waals surface area contributed by atoms with Gasteiger partial charge in [0.25, 0.3) is 0 Å². The van der Waals surface area contributed by atoms with Crippen LogP contribution in [0.2, 0.25) is 5.02 Å². The maximum Gasteiger partial charge on any atom is 0.244 e. The fourth-order valence-corrected chi connectivity index (χ4v) is 5.92. The third kappa shape index (κ3) is 5.01. The van der Waals surface area contributed by atoms with Crippen molar-refractivity contribution < 1.29 is 9.59 Å². The number of halogens is 1. The van der Waals surface area contributed by atoms with Crippen molar-refractivity contribution >= 4 is 57.9 Å². The van der Waals surface area contributed by atoms with Gasteiger partial charge in [0.05, 0.1) is 29.4 Å². The second-order valence-electron chi connectivity index (χ2n) is 6.52. The molecule has 0 radical (unpaired) electrons. The molecule has 0 spiro atoms. The van der Waals surface area contributed by atoms with Gasteiger partial charge in [0.15, 0.2) is 0 Å². The van der Waals surface area contributed by atoms with Crippen LogP contribution in [0.15, 0.2) is 47.2 Å². The second-order valence-corrected chi connectivity index (χ2v) is 9.76. The van der Waals surface area contributed by atoms with E-state index in [-0.39, 0.29) is 18.2 Å². The summed E-state index contributed by atoms with van der Waals surface area (Å²) in [7, 11) is 0. The van der Waals surface area contributed by atoms with E-state index in [4.69, 9.17) is 11.6 Å². The number of carbonyl (C=O) groups excluding carboxylic acids is 2. The third-order valence-electron chi connectivity index (χ3n) is 4.50. The first-order valence-corrected chi connectivity index (χ1v) is 12.3. The number of nitrogens with zero attached hydrogens (tertiary/aromatic N) is 2. The van der Waals surface area contributed by atoms with Crippen LogP contribution in [-0.4, -0.2) is 39.4 Å². The monoisotopic (exact) mass is 463 g/mol. The average molecular weight is 464 g/mol. The molecule has 29 heavy (non-hydrogen) atoms. The highest BCUT2D eigenvalue weighted by molar-refractivity contribution is 7.99. The van der Waals surface area contributed by atoms with E-state index < -0.39 is 6.04 Å². The number of thiophene rings is 1. The lowest BCUT2D eigenvalue weighted by molar-refractivity contribution is -0.137. The van der Waals surface area contributed by atoms with Gasteiger partial charge in [-0.15, -0.1) is 34.4 Å². The van der Waals surface area contributed by atoms with Crippen LogP contribution in [0.4, 0.5) is 0 Å². The molecule has 0 bridgehead atoms. The first-order valence-electron chi connectivity index (χ1n) is 8.98. The molecule has 2 amide bonds. The molecule has 1 fully saturated rings. The van der Waals surface area contributed by atoms with Crippen molar-refractivity contribution in [3.8, 4) is 9.88 Å². The molecule has 0 unspecified atom stereocenters. The molecule has 3 aromatic rings. The molecule has 2 aromatic heterocycles. The average Bonchev–Trinajstić information content (AvgIpc) is 3.48. The van der Waals surface area contributed by atoms with Gasteiger partial charge in [0, 0.05) is 16.2 Å². The SMILES string of the molecule is O=C(NCc1csc(-c2cccs2)n1)[C@H]1CSCN1C(=O)Cc1ccc(Cl)cc1. The Kier molecular flexibility index (Phi) is 6.54. The molecule has 1 aliphatic heterocycles. The normalized spacial score (nSPS) is 16.2. The zero-order chi connectivity index (χ0) is 20.2. The van der Waals surface area contributed by atoms with E-state index in [1.807, 2.05) is 35.0 Å². The summed E-state index contributed by atoms with van der Waals surface area (Å²) in [5.74, 6) is 0.954. The molecule has 1 aromatic carbocycles. The zero-order valence-corrected chi connectivity index (χ0v) is 18.5. The van der Waals surface area contributed by atoms with Crippen LogP contribution in [0.25, 0.3) is 9.88 Å². The van der Waals surface area contributed by atoms with Gasteiger partial charge in [-0.3, -0.25) is 9.59 Å². The van der Waals surface area contributed by atoms with Crippen molar-refractivity contribution in [2.45, 2.75) is 19.0 Å². The quantitative estimate of drug-likeness (QED) is 0.592. The highest BCUT2D eigenvalue weighted by Gasteiger charge is 2.34. The van der Waals surface area contributed by atoms with Crippen LogP contribution in [-0.2, 0) is 22.6 Å². The molecule has 150 valence electrons. The standard InChI is InChI=1S/C20H18ClN3O2S3/c21-14-5-3-13(4-6-14)8-18(25)24-12-27-11-16(24)19(26)22-9-15-10-29-20(23-15)17-2-1-7-28-17/h1-7,10,16H,8-9,11-12H2,(H,22,26)/t16-/m1/s1. The lowest BCUT2D eigenvalue weighted by Crippen LogP contribution is -2.47. The number of rotatable bonds is 6. The van der Waals surface area contributed by atoms with E-state index in [1.54, 1.807) is 51.5 Å². The fourth-order valence-electron chi connectivity index (χ4n) is 2.98. The molecule has 4 rings (SSSR count). The summed E-state index contributed by atoms with van der Waals surface area (Å²) in [6.07, 6.45) is 0.262. The van der Waals surface area contributed by atoms with Gasteiger partial charge in [-0.1, -0.05) is 29.8 Å². The lowest BCUT2D eigenvalue weighted by Gasteiger charge is -2.23. The van der Waals surface area contributed by atoms with E-state index in [2.05, 4.69) is 10.3 Å². The smallest absolute Gasteiger partial charge is 0.244 e. The largest absolute Gasteiger partial charge is 0.349 e. The second kappa shape index (κ2) is 9.30. The van der Waals surface area contributed by atoms with Gasteiger partial charge in [0.1, 0.15) is 11.0 Å². The van der Waals surface area contributed by atoms with E-state index in [0.29, 0.717) is 23.2 Å². The third-order valence-corrected chi connectivity index (χ3v) is 7.70. The molecule has 0 saturated carbocycles. The van der Waals surface area contributed by atoms with Gasteiger partial charge >= 0.3 is 0 Å². The van der Waals surface area contributed by atoms with Gasteiger partial charge in [-0.25, -0.2) is 4.98 Å². The maximum absolute atomic E-state index is 12.7. The Bertz CT molecular complexity index is 989. The Labute approximate surface area is 186 Å². The van der Waals surface area contributed by atoms with Crippen LogP contribution < -0.4 is 5.32 Å². The zero-order valence-electron chi connectivity index (χ0n) is 15.3. The first kappa shape index (κ1) is 20.4. The highest BCUT2D eigenvalue weighted by Crippen LogP contribution is 2.28. The van der Waals surface area contributed by atoms with Gasteiger partial charge < -0.3 is 10.2 Å². The molecule has 1 N–H and O–H groups in total.